The zero-order valence-corrected chi connectivity index (χ0v) is 9.99. The van der Waals surface area contributed by atoms with E-state index in [1.807, 2.05) is 18.2 Å². The van der Waals surface area contributed by atoms with Gasteiger partial charge < -0.3 is 5.73 Å². The monoisotopic (exact) mass is 269 g/mol. The molecule has 0 amide bonds. The van der Waals surface area contributed by atoms with E-state index < -0.39 is 0 Å². The molecule has 1 heterocycles. The topological polar surface area (TPSA) is 53.0 Å². The van der Waals surface area contributed by atoms with Crippen molar-refractivity contribution in [3.63, 3.8) is 0 Å². The zero-order valence-electron chi connectivity index (χ0n) is 8.40. The van der Waals surface area contributed by atoms with Gasteiger partial charge in [-0.1, -0.05) is 15.9 Å². The third-order valence-corrected chi connectivity index (χ3v) is 2.95. The molecular formula is C10H12BrN3O. The van der Waals surface area contributed by atoms with Gasteiger partial charge in [0.2, 0.25) is 0 Å². The number of fused-ring (bicyclic) bond motifs is 1. The minimum absolute atomic E-state index is 0.0199. The second-order valence-corrected chi connectivity index (χ2v) is 4.33. The highest BCUT2D eigenvalue weighted by molar-refractivity contribution is 9.10. The molecule has 2 aromatic rings. The maximum absolute atomic E-state index is 11.8. The van der Waals surface area contributed by atoms with Crippen LogP contribution in [-0.4, -0.2) is 15.7 Å². The average molecular weight is 270 g/mol. The van der Waals surface area contributed by atoms with Crippen LogP contribution in [0.1, 0.15) is 0 Å². The molecule has 0 aliphatic rings. The molecule has 0 aliphatic heterocycles. The Morgan fingerprint density at radius 2 is 2.13 bits per heavy atom. The number of aryl methyl sites for hydroxylation is 1. The van der Waals surface area contributed by atoms with Crippen molar-refractivity contribution in [2.24, 2.45) is 12.8 Å². The lowest BCUT2D eigenvalue weighted by molar-refractivity contribution is 0.675. The van der Waals surface area contributed by atoms with E-state index in [2.05, 4.69) is 15.9 Å². The maximum Gasteiger partial charge on any atom is 0.328 e. The van der Waals surface area contributed by atoms with Crippen molar-refractivity contribution in [2.75, 3.05) is 6.54 Å². The maximum atomic E-state index is 11.8. The van der Waals surface area contributed by atoms with Gasteiger partial charge in [0.25, 0.3) is 0 Å². The van der Waals surface area contributed by atoms with E-state index in [9.17, 15) is 4.79 Å². The van der Waals surface area contributed by atoms with Gasteiger partial charge in [-0.25, -0.2) is 4.79 Å². The predicted molar refractivity (Wildman–Crippen MR) is 63.9 cm³/mol. The van der Waals surface area contributed by atoms with E-state index in [0.717, 1.165) is 15.5 Å². The summed E-state index contributed by atoms with van der Waals surface area (Å²) in [5.41, 5.74) is 7.31. The van der Waals surface area contributed by atoms with Crippen molar-refractivity contribution in [3.05, 3.63) is 33.2 Å². The van der Waals surface area contributed by atoms with Crippen molar-refractivity contribution >= 4 is 27.0 Å². The van der Waals surface area contributed by atoms with Gasteiger partial charge in [0, 0.05) is 24.6 Å². The molecule has 5 heteroatoms. The first-order chi connectivity index (χ1) is 7.15. The molecule has 0 atom stereocenters. The van der Waals surface area contributed by atoms with E-state index in [-0.39, 0.29) is 5.69 Å². The fourth-order valence-electron chi connectivity index (χ4n) is 1.73. The highest BCUT2D eigenvalue weighted by Gasteiger charge is 2.09. The number of nitrogens with zero attached hydrogens (tertiary/aromatic N) is 2. The molecular weight excluding hydrogens is 258 g/mol. The highest BCUT2D eigenvalue weighted by atomic mass is 79.9. The number of hydrogen-bond donors (Lipinski definition) is 1. The lowest BCUT2D eigenvalue weighted by Gasteiger charge is -1.99. The fraction of sp³-hybridized carbons (Fsp3) is 0.300. The predicted octanol–water partition coefficient (Wildman–Crippen LogP) is 1.06. The number of nitrogens with two attached hydrogens (primary N) is 1. The van der Waals surface area contributed by atoms with Crippen molar-refractivity contribution in [2.45, 2.75) is 6.54 Å². The molecule has 2 rings (SSSR count). The standard InChI is InChI=1S/C10H12BrN3O/c1-13-8-3-2-7(11)6-9(8)14(5-4-12)10(13)15/h2-3,6H,4-5,12H2,1H3. The van der Waals surface area contributed by atoms with Crippen LogP contribution in [0, 0.1) is 0 Å². The Morgan fingerprint density at radius 1 is 1.40 bits per heavy atom. The molecule has 15 heavy (non-hydrogen) atoms. The first-order valence-corrected chi connectivity index (χ1v) is 5.49. The van der Waals surface area contributed by atoms with Crippen LogP contribution in [0.25, 0.3) is 11.0 Å². The number of aromatic nitrogens is 2. The Balaban J connectivity index is 2.82. The number of halogens is 1. The van der Waals surface area contributed by atoms with Gasteiger partial charge >= 0.3 is 5.69 Å². The SMILES string of the molecule is Cn1c(=O)n(CCN)c2cc(Br)ccc21. The quantitative estimate of drug-likeness (QED) is 0.887. The van der Waals surface area contributed by atoms with Gasteiger partial charge in [-0.2, -0.15) is 0 Å². The van der Waals surface area contributed by atoms with E-state index in [4.69, 9.17) is 5.73 Å². The molecule has 80 valence electrons. The second kappa shape index (κ2) is 3.83. The number of imidazole rings is 1. The van der Waals surface area contributed by atoms with Gasteiger partial charge in [0.15, 0.2) is 0 Å². The van der Waals surface area contributed by atoms with Gasteiger partial charge in [0.1, 0.15) is 0 Å². The molecule has 0 saturated heterocycles. The summed E-state index contributed by atoms with van der Waals surface area (Å²) >= 11 is 3.40. The third kappa shape index (κ3) is 1.61. The van der Waals surface area contributed by atoms with Crippen LogP contribution >= 0.6 is 15.9 Å². The number of rotatable bonds is 2. The third-order valence-electron chi connectivity index (χ3n) is 2.46. The van der Waals surface area contributed by atoms with E-state index in [0.29, 0.717) is 13.1 Å². The summed E-state index contributed by atoms with van der Waals surface area (Å²) in [4.78, 5) is 11.8. The molecule has 0 spiro atoms. The lowest BCUT2D eigenvalue weighted by Crippen LogP contribution is -2.25. The summed E-state index contributed by atoms with van der Waals surface area (Å²) in [7, 11) is 1.77. The van der Waals surface area contributed by atoms with Crippen LogP contribution in [0.15, 0.2) is 27.5 Å². The smallest absolute Gasteiger partial charge is 0.328 e. The molecule has 1 aromatic carbocycles. The summed E-state index contributed by atoms with van der Waals surface area (Å²) in [6.07, 6.45) is 0. The molecule has 4 nitrogen and oxygen atoms in total. The number of benzene rings is 1. The van der Waals surface area contributed by atoms with Gasteiger partial charge in [-0.15, -0.1) is 0 Å². The van der Waals surface area contributed by atoms with Crippen molar-refractivity contribution in [1.29, 1.82) is 0 Å². The molecule has 0 radical (unpaired) electrons. The Morgan fingerprint density at radius 3 is 2.80 bits per heavy atom. The molecule has 0 saturated carbocycles. The summed E-state index contributed by atoms with van der Waals surface area (Å²) in [6, 6.07) is 5.79. The average Bonchev–Trinajstić information content (AvgIpc) is 2.44. The van der Waals surface area contributed by atoms with Crippen molar-refractivity contribution in [3.8, 4) is 0 Å². The normalized spacial score (nSPS) is 11.1. The first-order valence-electron chi connectivity index (χ1n) is 4.70. The first kappa shape index (κ1) is 10.4. The Kier molecular flexibility index (Phi) is 2.67. The zero-order chi connectivity index (χ0) is 11.0. The molecule has 0 fully saturated rings. The Bertz CT molecular complexity index is 556. The van der Waals surface area contributed by atoms with E-state index >= 15 is 0 Å². The summed E-state index contributed by atoms with van der Waals surface area (Å²) in [6.45, 7) is 1.01. The van der Waals surface area contributed by atoms with Crippen LogP contribution in [0.2, 0.25) is 0 Å². The summed E-state index contributed by atoms with van der Waals surface area (Å²) in [5.74, 6) is 0. The lowest BCUT2D eigenvalue weighted by atomic mass is 10.3. The second-order valence-electron chi connectivity index (χ2n) is 3.41. The van der Waals surface area contributed by atoms with Crippen LogP contribution in [0.3, 0.4) is 0 Å². The molecule has 0 bridgehead atoms. The number of hydrogen-bond acceptors (Lipinski definition) is 2. The van der Waals surface area contributed by atoms with Gasteiger partial charge in [-0.3, -0.25) is 9.13 Å². The van der Waals surface area contributed by atoms with Crippen LogP contribution in [0.5, 0.6) is 0 Å². The minimum atomic E-state index is -0.0199. The van der Waals surface area contributed by atoms with Crippen LogP contribution in [-0.2, 0) is 13.6 Å². The van der Waals surface area contributed by atoms with Crippen molar-refractivity contribution < 1.29 is 0 Å². The summed E-state index contributed by atoms with van der Waals surface area (Å²) in [5, 5.41) is 0. The van der Waals surface area contributed by atoms with E-state index in [1.54, 1.807) is 16.2 Å². The Hall–Kier alpha value is -1.07. The molecule has 0 unspecified atom stereocenters. The van der Waals surface area contributed by atoms with Crippen LogP contribution in [0.4, 0.5) is 0 Å². The van der Waals surface area contributed by atoms with Crippen LogP contribution < -0.4 is 11.4 Å². The van der Waals surface area contributed by atoms with Crippen molar-refractivity contribution in [1.82, 2.24) is 9.13 Å². The summed E-state index contributed by atoms with van der Waals surface area (Å²) < 4.78 is 4.30. The molecule has 1 aromatic heterocycles. The van der Waals surface area contributed by atoms with Gasteiger partial charge in [-0.05, 0) is 18.2 Å². The molecule has 0 aliphatic carbocycles. The largest absolute Gasteiger partial charge is 0.329 e. The minimum Gasteiger partial charge on any atom is -0.329 e. The molecule has 2 N–H and O–H groups in total. The van der Waals surface area contributed by atoms with Gasteiger partial charge in [0.05, 0.1) is 11.0 Å². The highest BCUT2D eigenvalue weighted by Crippen LogP contribution is 2.18. The fourth-order valence-corrected chi connectivity index (χ4v) is 2.08. The Labute approximate surface area is 95.4 Å². The van der Waals surface area contributed by atoms with E-state index in [1.165, 1.54) is 0 Å².